The van der Waals surface area contributed by atoms with Gasteiger partial charge in [0.25, 0.3) is 5.82 Å². The number of hydrogen-bond acceptors (Lipinski definition) is 6. The lowest BCUT2D eigenvalue weighted by atomic mass is 10.0. The highest BCUT2D eigenvalue weighted by Gasteiger charge is 2.39. The molecule has 2 heterocycles. The van der Waals surface area contributed by atoms with Crippen LogP contribution in [0.15, 0.2) is 42.5 Å². The Bertz CT molecular complexity index is 1150. The third kappa shape index (κ3) is 3.81. The van der Waals surface area contributed by atoms with Crippen molar-refractivity contribution in [1.29, 1.82) is 0 Å². The van der Waals surface area contributed by atoms with Crippen LogP contribution in [0, 0.1) is 5.82 Å². The standard InChI is InChI=1S/C21H18F4N4O3/c1-30-16-8-12(9-17(31-2)18(16)32-3)15-10-14(11-4-6-13(22)7-5-11)26-20-27-19(21(23,24)25)28-29(15)20/h4-10,15H,1-3H3,(H,26,27,28). The van der Waals surface area contributed by atoms with Gasteiger partial charge >= 0.3 is 6.18 Å². The number of rotatable bonds is 5. The lowest BCUT2D eigenvalue weighted by molar-refractivity contribution is -0.145. The van der Waals surface area contributed by atoms with Crippen LogP contribution in [0.4, 0.5) is 23.5 Å². The molecule has 4 rings (SSSR count). The molecule has 0 aliphatic carbocycles. The molecule has 0 saturated carbocycles. The van der Waals surface area contributed by atoms with Crippen molar-refractivity contribution in [3.63, 3.8) is 0 Å². The van der Waals surface area contributed by atoms with Gasteiger partial charge in [0, 0.05) is 5.70 Å². The fourth-order valence-electron chi connectivity index (χ4n) is 3.42. The number of hydrogen-bond donors (Lipinski definition) is 1. The van der Waals surface area contributed by atoms with Gasteiger partial charge in [-0.3, -0.25) is 0 Å². The fourth-order valence-corrected chi connectivity index (χ4v) is 3.42. The second-order valence-corrected chi connectivity index (χ2v) is 6.82. The van der Waals surface area contributed by atoms with Crippen LogP contribution in [0.5, 0.6) is 17.2 Å². The topological polar surface area (TPSA) is 70.4 Å². The molecule has 7 nitrogen and oxygen atoms in total. The average molecular weight is 450 g/mol. The van der Waals surface area contributed by atoms with Crippen molar-refractivity contribution in [3.8, 4) is 17.2 Å². The summed E-state index contributed by atoms with van der Waals surface area (Å²) >= 11 is 0. The van der Waals surface area contributed by atoms with Crippen LogP contribution in [0.1, 0.15) is 23.0 Å². The van der Waals surface area contributed by atoms with Crippen molar-refractivity contribution in [2.45, 2.75) is 12.2 Å². The summed E-state index contributed by atoms with van der Waals surface area (Å²) in [5.74, 6) is -0.840. The molecular weight excluding hydrogens is 432 g/mol. The lowest BCUT2D eigenvalue weighted by Crippen LogP contribution is -2.20. The van der Waals surface area contributed by atoms with Crippen LogP contribution < -0.4 is 19.5 Å². The van der Waals surface area contributed by atoms with E-state index >= 15 is 0 Å². The summed E-state index contributed by atoms with van der Waals surface area (Å²) < 4.78 is 70.5. The maximum atomic E-state index is 13.4. The molecule has 0 amide bonds. The summed E-state index contributed by atoms with van der Waals surface area (Å²) in [6, 6.07) is 7.97. The van der Waals surface area contributed by atoms with Crippen molar-refractivity contribution in [2.75, 3.05) is 26.6 Å². The fraction of sp³-hybridized carbons (Fsp3) is 0.238. The minimum atomic E-state index is -4.73. The van der Waals surface area contributed by atoms with E-state index in [1.807, 2.05) is 0 Å². The van der Waals surface area contributed by atoms with Gasteiger partial charge < -0.3 is 19.5 Å². The van der Waals surface area contributed by atoms with Crippen LogP contribution in [-0.4, -0.2) is 36.1 Å². The third-order valence-corrected chi connectivity index (χ3v) is 4.90. The molecule has 0 spiro atoms. The van der Waals surface area contributed by atoms with Gasteiger partial charge in [-0.2, -0.15) is 18.2 Å². The van der Waals surface area contributed by atoms with Gasteiger partial charge in [0.2, 0.25) is 11.7 Å². The first-order valence-electron chi connectivity index (χ1n) is 9.33. The number of nitrogens with zero attached hydrogens (tertiary/aromatic N) is 3. The minimum Gasteiger partial charge on any atom is -0.493 e. The van der Waals surface area contributed by atoms with Crippen molar-refractivity contribution >= 4 is 11.6 Å². The molecule has 0 bridgehead atoms. The van der Waals surface area contributed by atoms with E-state index in [4.69, 9.17) is 14.2 Å². The van der Waals surface area contributed by atoms with E-state index < -0.39 is 23.9 Å². The highest BCUT2D eigenvalue weighted by molar-refractivity contribution is 5.77. The number of ether oxygens (including phenoxy) is 3. The molecular formula is C21H18F4N4O3. The minimum absolute atomic E-state index is 0.113. The van der Waals surface area contributed by atoms with E-state index in [-0.39, 0.29) is 5.95 Å². The molecule has 32 heavy (non-hydrogen) atoms. The van der Waals surface area contributed by atoms with Gasteiger partial charge in [0.05, 0.1) is 21.3 Å². The van der Waals surface area contributed by atoms with Crippen LogP contribution in [-0.2, 0) is 6.18 Å². The maximum absolute atomic E-state index is 13.4. The Balaban J connectivity index is 1.90. The summed E-state index contributed by atoms with van der Waals surface area (Å²) in [6.07, 6.45) is -3.07. The number of allylic oxidation sites excluding steroid dienone is 1. The first kappa shape index (κ1) is 21.5. The number of alkyl halides is 3. The number of methoxy groups -OCH3 is 3. The van der Waals surface area contributed by atoms with Crippen molar-refractivity contribution < 1.29 is 31.8 Å². The summed E-state index contributed by atoms with van der Waals surface area (Å²) in [4.78, 5) is 3.62. The highest BCUT2D eigenvalue weighted by Crippen LogP contribution is 2.43. The molecule has 1 atom stereocenters. The van der Waals surface area contributed by atoms with Crippen LogP contribution in [0.25, 0.3) is 5.70 Å². The summed E-state index contributed by atoms with van der Waals surface area (Å²) in [7, 11) is 4.32. The first-order chi connectivity index (χ1) is 15.2. The Labute approximate surface area is 180 Å². The van der Waals surface area contributed by atoms with Crippen LogP contribution in [0.2, 0.25) is 0 Å². The van der Waals surface area contributed by atoms with Gasteiger partial charge in [0.1, 0.15) is 11.9 Å². The molecule has 1 aliphatic rings. The van der Waals surface area contributed by atoms with E-state index in [2.05, 4.69) is 15.4 Å². The van der Waals surface area contributed by atoms with Gasteiger partial charge in [-0.1, -0.05) is 0 Å². The smallest absolute Gasteiger partial charge is 0.453 e. The zero-order valence-electron chi connectivity index (χ0n) is 17.2. The SMILES string of the molecule is COc1cc(C2C=C(c3ccc(F)cc3)Nc3nc(C(F)(F)F)nn32)cc(OC)c1OC. The molecule has 1 N–H and O–H groups in total. The van der Waals surface area contributed by atoms with Crippen molar-refractivity contribution in [2.24, 2.45) is 0 Å². The monoisotopic (exact) mass is 450 g/mol. The number of anilines is 1. The van der Waals surface area contributed by atoms with E-state index in [0.717, 1.165) is 4.68 Å². The van der Waals surface area contributed by atoms with Gasteiger partial charge in [-0.05, 0) is 53.6 Å². The quantitative estimate of drug-likeness (QED) is 0.577. The predicted molar refractivity (Wildman–Crippen MR) is 107 cm³/mol. The van der Waals surface area contributed by atoms with E-state index in [0.29, 0.717) is 34.1 Å². The molecule has 1 aromatic heterocycles. The van der Waals surface area contributed by atoms with Crippen LogP contribution >= 0.6 is 0 Å². The van der Waals surface area contributed by atoms with Crippen molar-refractivity contribution in [3.05, 3.63) is 65.2 Å². The molecule has 0 fully saturated rings. The third-order valence-electron chi connectivity index (χ3n) is 4.90. The van der Waals surface area contributed by atoms with Gasteiger partial charge in [-0.25, -0.2) is 9.07 Å². The number of halogens is 4. The zero-order valence-corrected chi connectivity index (χ0v) is 17.2. The number of benzene rings is 2. The molecule has 168 valence electrons. The Kier molecular flexibility index (Phi) is 5.41. The predicted octanol–water partition coefficient (Wildman–Crippen LogP) is 4.52. The molecule has 1 unspecified atom stereocenters. The van der Waals surface area contributed by atoms with E-state index in [1.54, 1.807) is 18.2 Å². The summed E-state index contributed by atoms with van der Waals surface area (Å²) in [5, 5.41) is 6.52. The number of fused-ring (bicyclic) bond motifs is 1. The molecule has 11 heteroatoms. The number of nitrogens with one attached hydrogen (secondary N) is 1. The number of aromatic nitrogens is 3. The zero-order chi connectivity index (χ0) is 23.0. The Morgan fingerprint density at radius 2 is 1.59 bits per heavy atom. The molecule has 1 aliphatic heterocycles. The van der Waals surface area contributed by atoms with E-state index in [9.17, 15) is 17.6 Å². The Hall–Kier alpha value is -3.76. The molecule has 0 radical (unpaired) electrons. The van der Waals surface area contributed by atoms with Gasteiger partial charge in [0.15, 0.2) is 11.5 Å². The first-order valence-corrected chi connectivity index (χ1v) is 9.33. The second kappa shape index (κ2) is 8.06. The average Bonchev–Trinajstić information content (AvgIpc) is 3.22. The Morgan fingerprint density at radius 3 is 2.12 bits per heavy atom. The lowest BCUT2D eigenvalue weighted by Gasteiger charge is -2.25. The van der Waals surface area contributed by atoms with Gasteiger partial charge in [-0.15, -0.1) is 5.10 Å². The van der Waals surface area contributed by atoms with E-state index in [1.165, 1.54) is 45.6 Å². The molecule has 0 saturated heterocycles. The highest BCUT2D eigenvalue weighted by atomic mass is 19.4. The largest absolute Gasteiger partial charge is 0.493 e. The van der Waals surface area contributed by atoms with Crippen molar-refractivity contribution in [1.82, 2.24) is 14.8 Å². The molecule has 3 aromatic rings. The normalized spacial score (nSPS) is 15.5. The summed E-state index contributed by atoms with van der Waals surface area (Å²) in [6.45, 7) is 0. The molecule has 2 aromatic carbocycles. The maximum Gasteiger partial charge on any atom is 0.453 e. The second-order valence-electron chi connectivity index (χ2n) is 6.82. The Morgan fingerprint density at radius 1 is 0.969 bits per heavy atom. The summed E-state index contributed by atoms with van der Waals surface area (Å²) in [5.41, 5.74) is 1.52. The van der Waals surface area contributed by atoms with Crippen LogP contribution in [0.3, 0.4) is 0 Å².